The Bertz CT molecular complexity index is 559. The minimum atomic E-state index is 0.126. The summed E-state index contributed by atoms with van der Waals surface area (Å²) in [5.41, 5.74) is 9.82. The second-order valence-electron chi connectivity index (χ2n) is 5.00. The summed E-state index contributed by atoms with van der Waals surface area (Å²) in [7, 11) is 0. The second-order valence-corrected chi connectivity index (χ2v) is 5.00. The summed E-state index contributed by atoms with van der Waals surface area (Å²) in [4.78, 5) is 4.41. The maximum atomic E-state index is 6.19. The third kappa shape index (κ3) is 1.93. The molecule has 4 nitrogen and oxygen atoms in total. The van der Waals surface area contributed by atoms with E-state index >= 15 is 0 Å². The molecule has 0 saturated heterocycles. The van der Waals surface area contributed by atoms with Crippen LogP contribution in [0.5, 0.6) is 0 Å². The maximum Gasteiger partial charge on any atom is 0.153 e. The summed E-state index contributed by atoms with van der Waals surface area (Å²) in [5, 5.41) is 4.48. The molecular weight excluding hydrogens is 224 g/mol. The molecule has 2 aromatic rings. The van der Waals surface area contributed by atoms with Gasteiger partial charge < -0.3 is 5.73 Å². The summed E-state index contributed by atoms with van der Waals surface area (Å²) in [6, 6.07) is 4.18. The third-order valence-electron chi connectivity index (χ3n) is 3.60. The quantitative estimate of drug-likeness (QED) is 0.781. The Morgan fingerprint density at radius 3 is 3.11 bits per heavy atom. The van der Waals surface area contributed by atoms with Gasteiger partial charge in [0.1, 0.15) is 0 Å². The van der Waals surface area contributed by atoms with Crippen molar-refractivity contribution in [1.29, 1.82) is 0 Å². The fourth-order valence-corrected chi connectivity index (χ4v) is 2.59. The summed E-state index contributed by atoms with van der Waals surface area (Å²) in [6.07, 6.45) is 8.21. The van der Waals surface area contributed by atoms with E-state index in [9.17, 15) is 0 Å². The highest BCUT2D eigenvalue weighted by Gasteiger charge is 2.20. The van der Waals surface area contributed by atoms with Gasteiger partial charge in [0.25, 0.3) is 0 Å². The molecule has 2 aromatic heterocycles. The number of nitrogens with zero attached hydrogens (tertiary/aromatic N) is 3. The molecule has 0 aliphatic heterocycles. The van der Waals surface area contributed by atoms with Gasteiger partial charge in [-0.1, -0.05) is 6.42 Å². The Morgan fingerprint density at radius 1 is 1.39 bits per heavy atom. The van der Waals surface area contributed by atoms with Crippen LogP contribution in [0.4, 0.5) is 0 Å². The lowest BCUT2D eigenvalue weighted by Crippen LogP contribution is -2.10. The first-order valence-corrected chi connectivity index (χ1v) is 6.51. The molecule has 2 N–H and O–H groups in total. The number of hydrogen-bond acceptors (Lipinski definition) is 3. The van der Waals surface area contributed by atoms with Crippen molar-refractivity contribution in [2.45, 2.75) is 38.6 Å². The van der Waals surface area contributed by atoms with Crippen molar-refractivity contribution in [1.82, 2.24) is 14.8 Å². The molecule has 0 aromatic carbocycles. The standard InChI is InChI=1S/C14H18N4/c1-10-6-7-16-14(8-10)18-13-5-3-2-4-12(15)11(13)9-17-18/h6-9,12H,2-5,15H2,1H3. The summed E-state index contributed by atoms with van der Waals surface area (Å²) >= 11 is 0. The maximum absolute atomic E-state index is 6.19. The van der Waals surface area contributed by atoms with Gasteiger partial charge in [0.05, 0.1) is 11.9 Å². The lowest BCUT2D eigenvalue weighted by molar-refractivity contribution is 0.611. The van der Waals surface area contributed by atoms with Crippen molar-refractivity contribution in [2.24, 2.45) is 5.73 Å². The van der Waals surface area contributed by atoms with Crippen LogP contribution in [-0.4, -0.2) is 14.8 Å². The van der Waals surface area contributed by atoms with Gasteiger partial charge in [-0.15, -0.1) is 0 Å². The monoisotopic (exact) mass is 242 g/mol. The third-order valence-corrected chi connectivity index (χ3v) is 3.60. The van der Waals surface area contributed by atoms with Gasteiger partial charge in [0.15, 0.2) is 5.82 Å². The number of pyridine rings is 1. The van der Waals surface area contributed by atoms with Gasteiger partial charge in [-0.3, -0.25) is 0 Å². The molecule has 0 saturated carbocycles. The first kappa shape index (κ1) is 11.4. The Balaban J connectivity index is 2.09. The largest absolute Gasteiger partial charge is 0.324 e. The van der Waals surface area contributed by atoms with E-state index in [1.807, 2.05) is 23.1 Å². The summed E-state index contributed by atoms with van der Waals surface area (Å²) < 4.78 is 1.95. The zero-order valence-corrected chi connectivity index (χ0v) is 10.6. The number of aryl methyl sites for hydroxylation is 1. The summed E-state index contributed by atoms with van der Waals surface area (Å²) in [5.74, 6) is 0.894. The first-order chi connectivity index (χ1) is 8.75. The van der Waals surface area contributed by atoms with Crippen molar-refractivity contribution >= 4 is 0 Å². The zero-order valence-electron chi connectivity index (χ0n) is 10.6. The number of nitrogens with two attached hydrogens (primary N) is 1. The molecule has 4 heteroatoms. The van der Waals surface area contributed by atoms with Gasteiger partial charge in [-0.2, -0.15) is 5.10 Å². The van der Waals surface area contributed by atoms with E-state index < -0.39 is 0 Å². The van der Waals surface area contributed by atoms with Gasteiger partial charge in [-0.25, -0.2) is 9.67 Å². The van der Waals surface area contributed by atoms with Crippen LogP contribution in [0.3, 0.4) is 0 Å². The minimum absolute atomic E-state index is 0.126. The van der Waals surface area contributed by atoms with E-state index in [0.717, 1.165) is 18.7 Å². The fourth-order valence-electron chi connectivity index (χ4n) is 2.59. The Labute approximate surface area is 107 Å². The van der Waals surface area contributed by atoms with Crippen LogP contribution >= 0.6 is 0 Å². The molecule has 2 heterocycles. The molecule has 1 atom stereocenters. The first-order valence-electron chi connectivity index (χ1n) is 6.51. The molecule has 18 heavy (non-hydrogen) atoms. The highest BCUT2D eigenvalue weighted by atomic mass is 15.3. The Kier molecular flexibility index (Phi) is 2.88. The molecule has 0 radical (unpaired) electrons. The van der Waals surface area contributed by atoms with Crippen LogP contribution in [0.1, 0.15) is 42.1 Å². The molecular formula is C14H18N4. The van der Waals surface area contributed by atoms with Gasteiger partial charge in [0.2, 0.25) is 0 Å². The second kappa shape index (κ2) is 4.53. The van der Waals surface area contributed by atoms with Crippen molar-refractivity contribution in [3.8, 4) is 5.82 Å². The molecule has 0 bridgehead atoms. The van der Waals surface area contributed by atoms with E-state index in [-0.39, 0.29) is 6.04 Å². The summed E-state index contributed by atoms with van der Waals surface area (Å²) in [6.45, 7) is 2.07. The molecule has 0 amide bonds. The molecule has 0 fully saturated rings. The Morgan fingerprint density at radius 2 is 2.28 bits per heavy atom. The predicted molar refractivity (Wildman–Crippen MR) is 70.6 cm³/mol. The molecule has 3 rings (SSSR count). The lowest BCUT2D eigenvalue weighted by Gasteiger charge is -2.09. The van der Waals surface area contributed by atoms with Crippen molar-refractivity contribution < 1.29 is 0 Å². The number of aromatic nitrogens is 3. The molecule has 94 valence electrons. The average Bonchev–Trinajstić information content (AvgIpc) is 2.70. The van der Waals surface area contributed by atoms with Gasteiger partial charge in [0, 0.05) is 17.8 Å². The number of fused-ring (bicyclic) bond motifs is 1. The van der Waals surface area contributed by atoms with E-state index in [0.29, 0.717) is 0 Å². The van der Waals surface area contributed by atoms with E-state index in [1.54, 1.807) is 0 Å². The topological polar surface area (TPSA) is 56.7 Å². The van der Waals surface area contributed by atoms with Gasteiger partial charge >= 0.3 is 0 Å². The molecule has 1 aliphatic rings. The predicted octanol–water partition coefficient (Wildman–Crippen LogP) is 2.30. The minimum Gasteiger partial charge on any atom is -0.324 e. The Hall–Kier alpha value is -1.68. The molecule has 1 aliphatic carbocycles. The van der Waals surface area contributed by atoms with E-state index in [1.165, 1.54) is 29.7 Å². The van der Waals surface area contributed by atoms with Crippen LogP contribution in [-0.2, 0) is 6.42 Å². The lowest BCUT2D eigenvalue weighted by atomic mass is 10.1. The number of rotatable bonds is 1. The highest BCUT2D eigenvalue weighted by Crippen LogP contribution is 2.27. The van der Waals surface area contributed by atoms with Crippen molar-refractivity contribution in [2.75, 3.05) is 0 Å². The number of hydrogen-bond donors (Lipinski definition) is 1. The van der Waals surface area contributed by atoms with Crippen LogP contribution in [0, 0.1) is 6.92 Å². The highest BCUT2D eigenvalue weighted by molar-refractivity contribution is 5.33. The van der Waals surface area contributed by atoms with Crippen LogP contribution in [0.25, 0.3) is 5.82 Å². The van der Waals surface area contributed by atoms with Crippen molar-refractivity contribution in [3.63, 3.8) is 0 Å². The van der Waals surface area contributed by atoms with E-state index in [4.69, 9.17) is 5.73 Å². The fraction of sp³-hybridized carbons (Fsp3) is 0.429. The smallest absolute Gasteiger partial charge is 0.153 e. The normalized spacial score (nSPS) is 19.3. The van der Waals surface area contributed by atoms with Gasteiger partial charge in [-0.05, 0) is 43.9 Å². The van der Waals surface area contributed by atoms with Crippen LogP contribution in [0.2, 0.25) is 0 Å². The van der Waals surface area contributed by atoms with Crippen LogP contribution < -0.4 is 5.73 Å². The van der Waals surface area contributed by atoms with Crippen LogP contribution in [0.15, 0.2) is 24.5 Å². The van der Waals surface area contributed by atoms with Crippen molar-refractivity contribution in [3.05, 3.63) is 41.3 Å². The molecule has 1 unspecified atom stereocenters. The SMILES string of the molecule is Cc1ccnc(-n2ncc3c2CCCCC3N)c1. The average molecular weight is 242 g/mol. The zero-order chi connectivity index (χ0) is 12.5. The molecule has 0 spiro atoms. The van der Waals surface area contributed by atoms with E-state index in [2.05, 4.69) is 23.1 Å².